The van der Waals surface area contributed by atoms with Crippen molar-refractivity contribution in [3.05, 3.63) is 32.4 Å². The number of carbonyl (C=O) groups excluding carboxylic acids is 1. The third kappa shape index (κ3) is 5.41. The van der Waals surface area contributed by atoms with Crippen LogP contribution in [0.3, 0.4) is 0 Å². The van der Waals surface area contributed by atoms with Gasteiger partial charge in [-0.05, 0) is 50.5 Å². The van der Waals surface area contributed by atoms with E-state index in [1.54, 1.807) is 6.92 Å². The molecule has 2 aromatic rings. The number of amides is 1. The number of aryl methyl sites for hydroxylation is 1. The van der Waals surface area contributed by atoms with E-state index < -0.39 is 11.2 Å². The van der Waals surface area contributed by atoms with Crippen molar-refractivity contribution in [3.8, 4) is 6.01 Å². The normalized spacial score (nSPS) is 21.7. The molecule has 2 bridgehead atoms. The molecular formula is C25H32N4O6. The Morgan fingerprint density at radius 1 is 1.20 bits per heavy atom. The van der Waals surface area contributed by atoms with E-state index in [1.165, 1.54) is 25.3 Å². The fourth-order valence-electron chi connectivity index (χ4n) is 5.40. The van der Waals surface area contributed by atoms with Crippen LogP contribution < -0.4 is 16.0 Å². The maximum Gasteiger partial charge on any atom is 0.410 e. The fourth-order valence-corrected chi connectivity index (χ4v) is 5.40. The summed E-state index contributed by atoms with van der Waals surface area (Å²) in [4.78, 5) is 51.5. The second kappa shape index (κ2) is 10.2. The average molecular weight is 485 g/mol. The van der Waals surface area contributed by atoms with Gasteiger partial charge in [-0.15, -0.1) is 0 Å². The highest BCUT2D eigenvalue weighted by Crippen LogP contribution is 2.34. The Morgan fingerprint density at radius 3 is 2.69 bits per heavy atom. The van der Waals surface area contributed by atoms with Crippen LogP contribution in [0.5, 0.6) is 6.01 Å². The van der Waals surface area contributed by atoms with Crippen LogP contribution in [-0.2, 0) is 11.2 Å². The monoisotopic (exact) mass is 484 g/mol. The first-order valence-corrected chi connectivity index (χ1v) is 12.8. The molecule has 35 heavy (non-hydrogen) atoms. The zero-order chi connectivity index (χ0) is 24.4. The van der Waals surface area contributed by atoms with Crippen molar-refractivity contribution in [2.24, 2.45) is 11.1 Å². The van der Waals surface area contributed by atoms with Crippen molar-refractivity contribution in [1.82, 2.24) is 14.9 Å². The first-order valence-electron chi connectivity index (χ1n) is 12.8. The van der Waals surface area contributed by atoms with Gasteiger partial charge in [0.15, 0.2) is 0 Å². The summed E-state index contributed by atoms with van der Waals surface area (Å²) in [6, 6.07) is 1.30. The highest BCUT2D eigenvalue weighted by molar-refractivity contribution is 5.88. The number of ether oxygens (including phenoxy) is 1. The number of rotatable bonds is 8. The molecule has 3 aliphatic rings. The predicted octanol–water partition coefficient (Wildman–Crippen LogP) is 3.91. The van der Waals surface area contributed by atoms with Crippen LogP contribution in [-0.4, -0.2) is 45.4 Å². The Morgan fingerprint density at radius 2 is 1.97 bits per heavy atom. The van der Waals surface area contributed by atoms with Gasteiger partial charge in [0.2, 0.25) is 5.71 Å². The minimum absolute atomic E-state index is 0.0213. The summed E-state index contributed by atoms with van der Waals surface area (Å²) in [6.45, 7) is 2.15. The molecule has 188 valence electrons. The van der Waals surface area contributed by atoms with Crippen LogP contribution in [0.1, 0.15) is 76.7 Å². The number of oxime groups is 1. The first-order chi connectivity index (χ1) is 17.0. The number of nitrogens with zero attached hydrogens (tertiary/aromatic N) is 3. The molecule has 2 aromatic heterocycles. The molecule has 2 unspecified atom stereocenters. The highest BCUT2D eigenvalue weighted by atomic mass is 16.6. The molecule has 1 N–H and O–H groups in total. The minimum atomic E-state index is -0.538. The van der Waals surface area contributed by atoms with E-state index in [0.29, 0.717) is 31.4 Å². The number of H-pyrrole nitrogens is 1. The molecule has 1 saturated carbocycles. The van der Waals surface area contributed by atoms with E-state index in [-0.39, 0.29) is 35.3 Å². The summed E-state index contributed by atoms with van der Waals surface area (Å²) in [5.41, 5.74) is 0.457. The first kappa shape index (κ1) is 23.6. The average Bonchev–Trinajstić information content (AvgIpc) is 3.64. The molecule has 2 aliphatic heterocycles. The summed E-state index contributed by atoms with van der Waals surface area (Å²) in [5, 5.41) is 4.52. The standard InChI is InChI=1S/C25H32N4O6/c1-2-33-25(32)29-18-8-5-9-19(29)14-17(13-18)28-35-24-26-22(31)21-16(7-4-3-6-15-10-11-15)12-20(30)34-23(21)27-24/h12,15,18-19H,2-11,13-14H2,1H3,(H,26,27,31). The van der Waals surface area contributed by atoms with Gasteiger partial charge >= 0.3 is 17.7 Å². The number of nitrogens with one attached hydrogen (secondary N) is 1. The number of hydrogen-bond acceptors (Lipinski definition) is 8. The van der Waals surface area contributed by atoms with Crippen molar-refractivity contribution in [3.63, 3.8) is 0 Å². The number of piperidine rings is 2. The Bertz CT molecular complexity index is 1210. The minimum Gasteiger partial charge on any atom is -0.450 e. The van der Waals surface area contributed by atoms with Crippen molar-refractivity contribution in [1.29, 1.82) is 0 Å². The van der Waals surface area contributed by atoms with E-state index in [9.17, 15) is 14.4 Å². The van der Waals surface area contributed by atoms with Crippen molar-refractivity contribution < 1.29 is 18.8 Å². The molecule has 10 nitrogen and oxygen atoms in total. The third-order valence-electron chi connectivity index (χ3n) is 7.22. The number of hydrogen-bond donors (Lipinski definition) is 1. The zero-order valence-corrected chi connectivity index (χ0v) is 20.1. The SMILES string of the molecule is CCOC(=O)N1C2CCCC1CC(=NOc1nc3oc(=O)cc(CCCCC4CC4)c3c(=O)[nH]1)C2. The van der Waals surface area contributed by atoms with Crippen LogP contribution in [0.2, 0.25) is 0 Å². The topological polar surface area (TPSA) is 127 Å². The largest absolute Gasteiger partial charge is 0.450 e. The molecule has 2 saturated heterocycles. The predicted molar refractivity (Wildman–Crippen MR) is 129 cm³/mol. The number of aromatic amines is 1. The van der Waals surface area contributed by atoms with Gasteiger partial charge in [-0.3, -0.25) is 9.78 Å². The molecule has 0 spiro atoms. The second-order valence-corrected chi connectivity index (χ2v) is 9.83. The lowest BCUT2D eigenvalue weighted by Crippen LogP contribution is -2.55. The second-order valence-electron chi connectivity index (χ2n) is 9.83. The summed E-state index contributed by atoms with van der Waals surface area (Å²) in [5.74, 6) is 0.857. The quantitative estimate of drug-likeness (QED) is 0.444. The molecule has 4 heterocycles. The Hall–Kier alpha value is -3.17. The third-order valence-corrected chi connectivity index (χ3v) is 7.22. The van der Waals surface area contributed by atoms with Gasteiger partial charge in [-0.25, -0.2) is 9.59 Å². The summed E-state index contributed by atoms with van der Waals surface area (Å²) >= 11 is 0. The Kier molecular flexibility index (Phi) is 6.88. The van der Waals surface area contributed by atoms with Gasteiger partial charge in [0.05, 0.1) is 12.3 Å². The van der Waals surface area contributed by atoms with E-state index in [2.05, 4.69) is 15.1 Å². The summed E-state index contributed by atoms with van der Waals surface area (Å²) in [7, 11) is 0. The fraction of sp³-hybridized carbons (Fsp3) is 0.640. The maximum absolute atomic E-state index is 12.8. The zero-order valence-electron chi connectivity index (χ0n) is 20.1. The summed E-state index contributed by atoms with van der Waals surface area (Å²) < 4.78 is 10.5. The molecular weight excluding hydrogens is 452 g/mol. The van der Waals surface area contributed by atoms with Gasteiger partial charge < -0.3 is 18.9 Å². The van der Waals surface area contributed by atoms with E-state index in [1.807, 2.05) is 4.90 Å². The van der Waals surface area contributed by atoms with Crippen LogP contribution in [0.15, 0.2) is 25.2 Å². The van der Waals surface area contributed by atoms with Crippen molar-refractivity contribution in [2.75, 3.05) is 6.61 Å². The van der Waals surface area contributed by atoms with E-state index in [4.69, 9.17) is 14.0 Å². The van der Waals surface area contributed by atoms with Crippen LogP contribution >= 0.6 is 0 Å². The van der Waals surface area contributed by atoms with Crippen LogP contribution in [0, 0.1) is 5.92 Å². The Balaban J connectivity index is 1.30. The highest BCUT2D eigenvalue weighted by Gasteiger charge is 2.40. The van der Waals surface area contributed by atoms with Crippen molar-refractivity contribution >= 4 is 22.9 Å². The molecule has 1 amide bonds. The molecule has 3 fully saturated rings. The van der Waals surface area contributed by atoms with Gasteiger partial charge in [-0.1, -0.05) is 30.8 Å². The number of unbranched alkanes of at least 4 members (excludes halogenated alkanes) is 1. The van der Waals surface area contributed by atoms with Gasteiger partial charge in [0.25, 0.3) is 5.56 Å². The molecule has 0 radical (unpaired) electrons. The smallest absolute Gasteiger partial charge is 0.410 e. The lowest BCUT2D eigenvalue weighted by Gasteiger charge is -2.45. The molecule has 10 heteroatoms. The number of carbonyl (C=O) groups is 1. The summed E-state index contributed by atoms with van der Waals surface area (Å²) in [6.07, 6.45) is 10.1. The van der Waals surface area contributed by atoms with Gasteiger partial charge in [0.1, 0.15) is 5.39 Å². The maximum atomic E-state index is 12.8. The molecule has 0 aromatic carbocycles. The van der Waals surface area contributed by atoms with E-state index >= 15 is 0 Å². The Labute approximate surface area is 202 Å². The number of aromatic nitrogens is 2. The van der Waals surface area contributed by atoms with Crippen LogP contribution in [0.25, 0.3) is 11.1 Å². The van der Waals surface area contributed by atoms with Gasteiger partial charge in [0, 0.05) is 31.0 Å². The lowest BCUT2D eigenvalue weighted by molar-refractivity contribution is 0.0448. The molecule has 2 atom stereocenters. The van der Waals surface area contributed by atoms with E-state index in [0.717, 1.165) is 43.7 Å². The molecule has 1 aliphatic carbocycles. The molecule has 5 rings (SSSR count). The van der Waals surface area contributed by atoms with Crippen LogP contribution in [0.4, 0.5) is 4.79 Å². The number of fused-ring (bicyclic) bond motifs is 3. The lowest BCUT2D eigenvalue weighted by atomic mass is 9.84. The van der Waals surface area contributed by atoms with Gasteiger partial charge in [-0.2, -0.15) is 4.98 Å². The van der Waals surface area contributed by atoms with Crippen molar-refractivity contribution in [2.45, 2.75) is 89.6 Å².